The first kappa shape index (κ1) is 19.2. The van der Waals surface area contributed by atoms with Gasteiger partial charge >= 0.3 is 6.18 Å². The zero-order valence-electron chi connectivity index (χ0n) is 15.5. The van der Waals surface area contributed by atoms with Gasteiger partial charge in [-0.05, 0) is 18.9 Å². The average molecular weight is 408 g/mol. The van der Waals surface area contributed by atoms with Crippen molar-refractivity contribution in [3.8, 4) is 0 Å². The van der Waals surface area contributed by atoms with E-state index in [0.29, 0.717) is 12.4 Å². The summed E-state index contributed by atoms with van der Waals surface area (Å²) in [4.78, 5) is 19.2. The van der Waals surface area contributed by atoms with Gasteiger partial charge in [0.25, 0.3) is 5.91 Å². The minimum absolute atomic E-state index is 0.0424. The van der Waals surface area contributed by atoms with E-state index in [4.69, 9.17) is 5.73 Å². The SMILES string of the molecule is Cn1cc(NC(=O)c2cnn3ccc(N4CCC[C@@H](N)C4)nc23)c(C(F)(F)F)n1. The van der Waals surface area contributed by atoms with Crippen LogP contribution in [0, 0.1) is 0 Å². The first-order valence-corrected chi connectivity index (χ1v) is 8.99. The molecule has 1 aliphatic rings. The van der Waals surface area contributed by atoms with E-state index in [9.17, 15) is 18.0 Å². The molecule has 0 saturated carbocycles. The Morgan fingerprint density at radius 1 is 1.38 bits per heavy atom. The Kier molecular flexibility index (Phi) is 4.65. The van der Waals surface area contributed by atoms with Crippen molar-refractivity contribution in [2.24, 2.45) is 12.8 Å². The number of alkyl halides is 3. The van der Waals surface area contributed by atoms with E-state index in [0.717, 1.165) is 30.3 Å². The van der Waals surface area contributed by atoms with Crippen LogP contribution in [0.1, 0.15) is 28.9 Å². The van der Waals surface area contributed by atoms with Gasteiger partial charge < -0.3 is 16.0 Å². The zero-order valence-corrected chi connectivity index (χ0v) is 15.5. The number of carbonyl (C=O) groups excluding carboxylic acids is 1. The van der Waals surface area contributed by atoms with Gasteiger partial charge in [0.15, 0.2) is 11.3 Å². The number of rotatable bonds is 3. The van der Waals surface area contributed by atoms with Crippen molar-refractivity contribution in [1.29, 1.82) is 0 Å². The summed E-state index contributed by atoms with van der Waals surface area (Å²) in [6.07, 6.45) is 1.20. The Bertz CT molecular complexity index is 1060. The second-order valence-electron chi connectivity index (χ2n) is 6.98. The number of piperidine rings is 1. The number of nitrogens with one attached hydrogen (secondary N) is 1. The summed E-state index contributed by atoms with van der Waals surface area (Å²) in [6, 6.07) is 1.81. The average Bonchev–Trinajstić information content (AvgIpc) is 3.24. The molecule has 1 aliphatic heterocycles. The van der Waals surface area contributed by atoms with Crippen LogP contribution in [0.25, 0.3) is 5.65 Å². The molecule has 4 heterocycles. The van der Waals surface area contributed by atoms with Gasteiger partial charge in [-0.2, -0.15) is 23.4 Å². The van der Waals surface area contributed by atoms with Gasteiger partial charge in [-0.15, -0.1) is 0 Å². The van der Waals surface area contributed by atoms with Crippen LogP contribution >= 0.6 is 0 Å². The Labute approximate surface area is 163 Å². The molecule has 0 spiro atoms. The molecule has 3 aromatic rings. The highest BCUT2D eigenvalue weighted by Gasteiger charge is 2.38. The first-order valence-electron chi connectivity index (χ1n) is 8.99. The molecule has 0 unspecified atom stereocenters. The van der Waals surface area contributed by atoms with Crippen molar-refractivity contribution >= 4 is 23.1 Å². The van der Waals surface area contributed by atoms with Gasteiger partial charge in [-0.3, -0.25) is 9.48 Å². The molecular formula is C17H19F3N8O. The lowest BCUT2D eigenvalue weighted by atomic mass is 10.1. The van der Waals surface area contributed by atoms with E-state index < -0.39 is 23.5 Å². The molecule has 3 aromatic heterocycles. The van der Waals surface area contributed by atoms with Crippen LogP contribution in [0.3, 0.4) is 0 Å². The number of aryl methyl sites for hydroxylation is 1. The van der Waals surface area contributed by atoms with Crippen molar-refractivity contribution in [1.82, 2.24) is 24.4 Å². The van der Waals surface area contributed by atoms with Gasteiger partial charge in [-0.25, -0.2) is 9.50 Å². The molecule has 154 valence electrons. The lowest BCUT2D eigenvalue weighted by molar-refractivity contribution is -0.140. The Morgan fingerprint density at radius 3 is 2.90 bits per heavy atom. The minimum Gasteiger partial charge on any atom is -0.355 e. The molecule has 1 atom stereocenters. The molecule has 1 saturated heterocycles. The number of anilines is 2. The number of amides is 1. The number of nitrogens with two attached hydrogens (primary N) is 1. The van der Waals surface area contributed by atoms with Gasteiger partial charge in [0.05, 0.1) is 11.9 Å². The second kappa shape index (κ2) is 7.03. The summed E-state index contributed by atoms with van der Waals surface area (Å²) in [6.45, 7) is 1.43. The predicted molar refractivity (Wildman–Crippen MR) is 98.6 cm³/mol. The van der Waals surface area contributed by atoms with Crippen LogP contribution in [-0.2, 0) is 13.2 Å². The molecule has 9 nitrogen and oxygen atoms in total. The van der Waals surface area contributed by atoms with E-state index in [1.165, 1.54) is 17.8 Å². The quantitative estimate of drug-likeness (QED) is 0.683. The summed E-state index contributed by atoms with van der Waals surface area (Å²) in [5.41, 5.74) is 4.73. The van der Waals surface area contributed by atoms with E-state index in [1.54, 1.807) is 12.3 Å². The van der Waals surface area contributed by atoms with Crippen LogP contribution in [0.5, 0.6) is 0 Å². The van der Waals surface area contributed by atoms with Crippen LogP contribution in [0.4, 0.5) is 24.7 Å². The fourth-order valence-electron chi connectivity index (χ4n) is 3.39. The highest BCUT2D eigenvalue weighted by Crippen LogP contribution is 2.33. The molecule has 0 bridgehead atoms. The molecular weight excluding hydrogens is 389 g/mol. The molecule has 0 radical (unpaired) electrons. The van der Waals surface area contributed by atoms with Crippen molar-refractivity contribution in [2.75, 3.05) is 23.3 Å². The third-order valence-corrected chi connectivity index (χ3v) is 4.73. The van der Waals surface area contributed by atoms with E-state index in [2.05, 4.69) is 20.5 Å². The fourth-order valence-corrected chi connectivity index (χ4v) is 3.39. The zero-order chi connectivity index (χ0) is 20.8. The maximum atomic E-state index is 13.1. The smallest absolute Gasteiger partial charge is 0.355 e. The maximum absolute atomic E-state index is 13.1. The van der Waals surface area contributed by atoms with E-state index >= 15 is 0 Å². The predicted octanol–water partition coefficient (Wildman–Crippen LogP) is 1.66. The standard InChI is InChI=1S/C17H19F3N8O/c1-26-9-12(14(25-26)17(18,19)20)23-16(29)11-7-22-28-6-4-13(24-15(11)28)27-5-2-3-10(21)8-27/h4,6-7,9-10H,2-3,5,8,21H2,1H3,(H,23,29)/t10-/m1/s1. The normalized spacial score (nSPS) is 17.7. The van der Waals surface area contributed by atoms with Crippen LogP contribution < -0.4 is 16.0 Å². The number of halogens is 3. The van der Waals surface area contributed by atoms with Crippen molar-refractivity contribution < 1.29 is 18.0 Å². The first-order chi connectivity index (χ1) is 13.7. The summed E-state index contributed by atoms with van der Waals surface area (Å²) in [5.74, 6) is -0.113. The molecule has 0 aromatic carbocycles. The van der Waals surface area contributed by atoms with Crippen molar-refractivity contribution in [3.63, 3.8) is 0 Å². The Balaban J connectivity index is 1.64. The van der Waals surface area contributed by atoms with Gasteiger partial charge in [0, 0.05) is 38.6 Å². The lowest BCUT2D eigenvalue weighted by Crippen LogP contribution is -2.43. The molecule has 1 fully saturated rings. The van der Waals surface area contributed by atoms with E-state index in [1.807, 2.05) is 4.90 Å². The molecule has 0 aliphatic carbocycles. The summed E-state index contributed by atoms with van der Waals surface area (Å²) in [7, 11) is 1.34. The number of hydrogen-bond acceptors (Lipinski definition) is 6. The lowest BCUT2D eigenvalue weighted by Gasteiger charge is -2.31. The van der Waals surface area contributed by atoms with Crippen LogP contribution in [0.2, 0.25) is 0 Å². The van der Waals surface area contributed by atoms with Gasteiger partial charge in [0.2, 0.25) is 0 Å². The number of carbonyl (C=O) groups is 1. The molecule has 12 heteroatoms. The highest BCUT2D eigenvalue weighted by atomic mass is 19.4. The topological polar surface area (TPSA) is 106 Å². The molecule has 3 N–H and O–H groups in total. The van der Waals surface area contributed by atoms with Gasteiger partial charge in [0.1, 0.15) is 11.4 Å². The largest absolute Gasteiger partial charge is 0.437 e. The molecule has 29 heavy (non-hydrogen) atoms. The number of aromatic nitrogens is 5. The van der Waals surface area contributed by atoms with Crippen LogP contribution in [0.15, 0.2) is 24.7 Å². The van der Waals surface area contributed by atoms with Crippen molar-refractivity contribution in [3.05, 3.63) is 35.9 Å². The third kappa shape index (κ3) is 3.75. The Morgan fingerprint density at radius 2 is 2.17 bits per heavy atom. The molecule has 1 amide bonds. The number of fused-ring (bicyclic) bond motifs is 1. The number of hydrogen-bond donors (Lipinski definition) is 2. The number of nitrogens with zero attached hydrogens (tertiary/aromatic N) is 6. The summed E-state index contributed by atoms with van der Waals surface area (Å²) < 4.78 is 41.8. The fraction of sp³-hybridized carbons (Fsp3) is 0.412. The highest BCUT2D eigenvalue weighted by molar-refractivity contribution is 6.08. The van der Waals surface area contributed by atoms with Crippen molar-refractivity contribution in [2.45, 2.75) is 25.1 Å². The minimum atomic E-state index is -4.69. The summed E-state index contributed by atoms with van der Waals surface area (Å²) in [5, 5.41) is 9.72. The van der Waals surface area contributed by atoms with Gasteiger partial charge in [-0.1, -0.05) is 0 Å². The Hall–Kier alpha value is -3.15. The second-order valence-corrected chi connectivity index (χ2v) is 6.98. The summed E-state index contributed by atoms with van der Waals surface area (Å²) >= 11 is 0. The third-order valence-electron chi connectivity index (χ3n) is 4.73. The van der Waals surface area contributed by atoms with Crippen LogP contribution in [-0.4, -0.2) is 49.4 Å². The van der Waals surface area contributed by atoms with E-state index in [-0.39, 0.29) is 17.3 Å². The molecule has 4 rings (SSSR count). The maximum Gasteiger partial charge on any atom is 0.437 e. The monoisotopic (exact) mass is 408 g/mol.